The molecule has 11 heteroatoms. The summed E-state index contributed by atoms with van der Waals surface area (Å²) in [6.45, 7) is 1.89. The van der Waals surface area contributed by atoms with Crippen LogP contribution < -0.4 is 15.6 Å². The Morgan fingerprint density at radius 2 is 1.78 bits per heavy atom. The van der Waals surface area contributed by atoms with Crippen molar-refractivity contribution in [2.45, 2.75) is 24.8 Å². The third-order valence-electron chi connectivity index (χ3n) is 5.63. The minimum atomic E-state index is -3.72. The molecule has 36 heavy (non-hydrogen) atoms. The predicted octanol–water partition coefficient (Wildman–Crippen LogP) is 2.16. The highest BCUT2D eigenvalue weighted by Crippen LogP contribution is 2.26. The summed E-state index contributed by atoms with van der Waals surface area (Å²) in [6.07, 6.45) is 1.99. The number of aliphatic hydroxyl groups excluding tert-OH is 2. The topological polar surface area (TPSA) is 146 Å². The zero-order valence-corrected chi connectivity index (χ0v) is 20.5. The molecule has 0 radical (unpaired) electrons. The molecular weight excluding hydrogens is 482 g/mol. The third-order valence-corrected chi connectivity index (χ3v) is 7.11. The van der Waals surface area contributed by atoms with Gasteiger partial charge < -0.3 is 20.1 Å². The van der Waals surface area contributed by atoms with E-state index >= 15 is 0 Å². The fourth-order valence-electron chi connectivity index (χ4n) is 3.83. The molecule has 4 N–H and O–H groups in total. The fraction of sp³-hybridized carbons (Fsp3) is 0.240. The largest absolute Gasteiger partial charge is 0.396 e. The van der Waals surface area contributed by atoms with Crippen LogP contribution in [0.4, 0.5) is 11.6 Å². The van der Waals surface area contributed by atoms with Gasteiger partial charge in [-0.3, -0.25) is 4.79 Å². The summed E-state index contributed by atoms with van der Waals surface area (Å²) in [5.74, 6) is 0.186. The Kier molecular flexibility index (Phi) is 7.75. The van der Waals surface area contributed by atoms with Crippen LogP contribution in [0.1, 0.15) is 12.0 Å². The number of hydrogen-bond donors (Lipinski definition) is 4. The zero-order chi connectivity index (χ0) is 25.7. The van der Waals surface area contributed by atoms with Crippen molar-refractivity contribution < 1.29 is 18.6 Å². The number of hydrogen-bond acceptors (Lipinski definition) is 8. The molecule has 0 spiro atoms. The van der Waals surface area contributed by atoms with E-state index in [4.69, 9.17) is 5.11 Å². The molecule has 0 aliphatic rings. The van der Waals surface area contributed by atoms with Gasteiger partial charge >= 0.3 is 0 Å². The first kappa shape index (κ1) is 25.5. The second-order valence-corrected chi connectivity index (χ2v) is 9.91. The highest BCUT2D eigenvalue weighted by Gasteiger charge is 2.16. The number of aromatic nitrogens is 3. The van der Waals surface area contributed by atoms with E-state index in [0.29, 0.717) is 24.0 Å². The first-order valence-corrected chi connectivity index (χ1v) is 12.9. The second kappa shape index (κ2) is 11.0. The van der Waals surface area contributed by atoms with Crippen molar-refractivity contribution >= 4 is 32.6 Å². The van der Waals surface area contributed by atoms with Gasteiger partial charge in [0.2, 0.25) is 16.0 Å². The Balaban J connectivity index is 1.69. The summed E-state index contributed by atoms with van der Waals surface area (Å²) >= 11 is 0. The van der Waals surface area contributed by atoms with E-state index in [0.717, 1.165) is 16.8 Å². The molecule has 0 bridgehead atoms. The summed E-state index contributed by atoms with van der Waals surface area (Å²) in [5, 5.41) is 21.8. The van der Waals surface area contributed by atoms with Crippen molar-refractivity contribution in [3.63, 3.8) is 0 Å². The Bertz CT molecular complexity index is 1540. The number of rotatable bonds is 10. The van der Waals surface area contributed by atoms with Crippen LogP contribution in [0.25, 0.3) is 22.2 Å². The highest BCUT2D eigenvalue weighted by atomic mass is 32.2. The van der Waals surface area contributed by atoms with Gasteiger partial charge in [0.1, 0.15) is 5.52 Å². The summed E-state index contributed by atoms with van der Waals surface area (Å²) in [6, 6.07) is 15.6. The maximum Gasteiger partial charge on any atom is 0.277 e. The van der Waals surface area contributed by atoms with E-state index in [9.17, 15) is 18.3 Å². The molecule has 0 saturated heterocycles. The van der Waals surface area contributed by atoms with E-state index in [1.165, 1.54) is 12.1 Å². The standard InChI is InChI=1S/C25H27N5O5S/c1-17-5-2-3-6-21(17)22-15-18-16-26-25(29-23(18)24(33)30(22)12-4-13-31)28-19-7-9-20(10-8-19)36(34,35)27-11-14-32/h2-3,5-10,15-16,27,31-32H,4,11-14H2,1H3,(H,26,28,29). The minimum absolute atomic E-state index is 0.0461. The molecule has 0 saturated carbocycles. The summed E-state index contributed by atoms with van der Waals surface area (Å²) < 4.78 is 28.3. The lowest BCUT2D eigenvalue weighted by Crippen LogP contribution is -2.26. The van der Waals surface area contributed by atoms with Crippen molar-refractivity contribution in [1.82, 2.24) is 19.3 Å². The molecule has 0 aliphatic carbocycles. The zero-order valence-electron chi connectivity index (χ0n) is 19.7. The molecule has 0 fully saturated rings. The summed E-state index contributed by atoms with van der Waals surface area (Å²) in [4.78, 5) is 22.3. The Morgan fingerprint density at radius 3 is 2.47 bits per heavy atom. The van der Waals surface area contributed by atoms with Crippen molar-refractivity contribution in [2.75, 3.05) is 25.1 Å². The molecule has 0 aliphatic heterocycles. The van der Waals surface area contributed by atoms with Crippen LogP contribution in [0.3, 0.4) is 0 Å². The van der Waals surface area contributed by atoms with Crippen molar-refractivity contribution in [2.24, 2.45) is 0 Å². The van der Waals surface area contributed by atoms with Gasteiger partial charge in [-0.05, 0) is 49.2 Å². The van der Waals surface area contributed by atoms with Crippen LogP contribution in [0.15, 0.2) is 70.5 Å². The smallest absolute Gasteiger partial charge is 0.277 e. The number of sulfonamides is 1. The van der Waals surface area contributed by atoms with Crippen molar-refractivity contribution in [3.05, 3.63) is 76.7 Å². The number of anilines is 2. The molecule has 2 aromatic carbocycles. The van der Waals surface area contributed by atoms with Gasteiger partial charge in [-0.15, -0.1) is 0 Å². The second-order valence-electron chi connectivity index (χ2n) is 8.15. The highest BCUT2D eigenvalue weighted by molar-refractivity contribution is 7.89. The van der Waals surface area contributed by atoms with Gasteiger partial charge in [0.05, 0.1) is 17.2 Å². The van der Waals surface area contributed by atoms with E-state index in [1.54, 1.807) is 22.9 Å². The maximum absolute atomic E-state index is 13.5. The molecule has 10 nitrogen and oxygen atoms in total. The Hall–Kier alpha value is -3.64. The van der Waals surface area contributed by atoms with Crippen molar-refractivity contribution in [1.29, 1.82) is 0 Å². The van der Waals surface area contributed by atoms with Gasteiger partial charge in [-0.2, -0.15) is 0 Å². The molecule has 0 unspecified atom stereocenters. The van der Waals surface area contributed by atoms with E-state index < -0.39 is 10.0 Å². The van der Waals surface area contributed by atoms with Crippen LogP contribution in [-0.2, 0) is 16.6 Å². The van der Waals surface area contributed by atoms with Crippen molar-refractivity contribution in [3.8, 4) is 11.3 Å². The first-order valence-electron chi connectivity index (χ1n) is 11.4. The number of fused-ring (bicyclic) bond motifs is 1. The van der Waals surface area contributed by atoms with Crippen LogP contribution >= 0.6 is 0 Å². The number of nitrogens with one attached hydrogen (secondary N) is 2. The monoisotopic (exact) mass is 509 g/mol. The number of nitrogens with zero attached hydrogens (tertiary/aromatic N) is 3. The van der Waals surface area contributed by atoms with E-state index in [2.05, 4.69) is 20.0 Å². The summed E-state index contributed by atoms with van der Waals surface area (Å²) in [5.41, 5.74) is 3.14. The Morgan fingerprint density at radius 1 is 1.03 bits per heavy atom. The van der Waals surface area contributed by atoms with E-state index in [-0.39, 0.29) is 41.7 Å². The molecule has 0 atom stereocenters. The number of pyridine rings is 1. The molecule has 4 rings (SSSR count). The van der Waals surface area contributed by atoms with Gasteiger partial charge in [-0.25, -0.2) is 23.1 Å². The summed E-state index contributed by atoms with van der Waals surface area (Å²) in [7, 11) is -3.72. The van der Waals surface area contributed by atoms with Crippen LogP contribution in [0.2, 0.25) is 0 Å². The van der Waals surface area contributed by atoms with Crippen LogP contribution in [0.5, 0.6) is 0 Å². The average Bonchev–Trinajstić information content (AvgIpc) is 2.88. The molecule has 2 heterocycles. The fourth-order valence-corrected chi connectivity index (χ4v) is 4.86. The third kappa shape index (κ3) is 5.44. The maximum atomic E-state index is 13.5. The SMILES string of the molecule is Cc1ccccc1-c1cc2cnc(Nc3ccc(S(=O)(=O)NCCO)cc3)nc2c(=O)n1CCCO. The Labute approximate surface area is 208 Å². The van der Waals surface area contributed by atoms with Gasteiger partial charge in [0.15, 0.2) is 0 Å². The molecular formula is C25H27N5O5S. The van der Waals surface area contributed by atoms with Crippen LogP contribution in [0, 0.1) is 6.92 Å². The predicted molar refractivity (Wildman–Crippen MR) is 138 cm³/mol. The van der Waals surface area contributed by atoms with Gasteiger partial charge in [-0.1, -0.05) is 24.3 Å². The normalized spacial score (nSPS) is 11.6. The average molecular weight is 510 g/mol. The quantitative estimate of drug-likeness (QED) is 0.254. The molecule has 188 valence electrons. The van der Waals surface area contributed by atoms with E-state index in [1.807, 2.05) is 37.3 Å². The number of benzene rings is 2. The lowest BCUT2D eigenvalue weighted by molar-refractivity contribution is 0.279. The minimum Gasteiger partial charge on any atom is -0.396 e. The van der Waals surface area contributed by atoms with Gasteiger partial charge in [0, 0.05) is 42.5 Å². The number of aryl methyl sites for hydroxylation is 1. The molecule has 4 aromatic rings. The molecule has 0 amide bonds. The lowest BCUT2D eigenvalue weighted by atomic mass is 10.0. The van der Waals surface area contributed by atoms with Crippen LogP contribution in [-0.4, -0.2) is 52.9 Å². The number of aliphatic hydroxyl groups is 2. The first-order chi connectivity index (χ1) is 17.3. The van der Waals surface area contributed by atoms with Gasteiger partial charge in [0.25, 0.3) is 5.56 Å². The molecule has 2 aromatic heterocycles. The lowest BCUT2D eigenvalue weighted by Gasteiger charge is -2.16.